The summed E-state index contributed by atoms with van der Waals surface area (Å²) in [5, 5.41) is 18.3. The van der Waals surface area contributed by atoms with Gasteiger partial charge in [0.25, 0.3) is 0 Å². The molecular formula is C27H47ClNO7V-3. The molecule has 5 rings (SSSR count). The van der Waals surface area contributed by atoms with Crippen LogP contribution in [0.5, 0.6) is 0 Å². The zero-order valence-corrected chi connectivity index (χ0v) is 24.3. The molecule has 0 aromatic rings. The van der Waals surface area contributed by atoms with Crippen LogP contribution in [0.3, 0.4) is 0 Å². The normalized spacial score (nSPS) is 32.1. The van der Waals surface area contributed by atoms with Crippen molar-refractivity contribution in [3.8, 4) is 0 Å². The molecule has 3 heterocycles. The summed E-state index contributed by atoms with van der Waals surface area (Å²) in [5.41, 5.74) is 0. The van der Waals surface area contributed by atoms with E-state index in [-0.39, 0.29) is 30.5 Å². The van der Waals surface area contributed by atoms with E-state index in [2.05, 4.69) is 29.9 Å². The first-order chi connectivity index (χ1) is 17.4. The summed E-state index contributed by atoms with van der Waals surface area (Å²) in [6.45, 7) is 12.3. The van der Waals surface area contributed by atoms with Gasteiger partial charge in [0, 0.05) is 50.2 Å². The number of nitrogens with zero attached hydrogens (tertiary/aromatic N) is 1. The Labute approximate surface area is 240 Å². The van der Waals surface area contributed by atoms with Gasteiger partial charge in [-0.3, -0.25) is 4.90 Å². The predicted octanol–water partition coefficient (Wildman–Crippen LogP) is 2.58. The molecule has 0 aromatic carbocycles. The fraction of sp³-hybridized carbons (Fsp3) is 0.889. The first-order valence-corrected chi connectivity index (χ1v) is 14.2. The van der Waals surface area contributed by atoms with Crippen molar-refractivity contribution in [1.82, 2.24) is 4.90 Å². The summed E-state index contributed by atoms with van der Waals surface area (Å²) in [5.74, 6) is 0.222. The van der Waals surface area contributed by atoms with Crippen molar-refractivity contribution in [2.45, 2.75) is 100 Å². The maximum Gasteiger partial charge on any atom is 0.101 e. The van der Waals surface area contributed by atoms with Gasteiger partial charge in [-0.25, -0.2) is 0 Å². The van der Waals surface area contributed by atoms with Crippen molar-refractivity contribution in [3.05, 3.63) is 20.3 Å². The molecule has 37 heavy (non-hydrogen) atoms. The number of aliphatic hydroxyl groups is 2. The quantitative estimate of drug-likeness (QED) is 0.205. The molecule has 5 unspecified atom stereocenters. The van der Waals surface area contributed by atoms with Crippen LogP contribution < -0.4 is 0 Å². The second kappa shape index (κ2) is 18.8. The van der Waals surface area contributed by atoms with Crippen LogP contribution in [-0.4, -0.2) is 116 Å². The van der Waals surface area contributed by atoms with E-state index in [9.17, 15) is 5.11 Å². The molecule has 0 spiro atoms. The van der Waals surface area contributed by atoms with Crippen LogP contribution in [0.15, 0.2) is 0 Å². The third-order valence-electron chi connectivity index (χ3n) is 6.86. The molecule has 8 nitrogen and oxygen atoms in total. The SMILES string of the molecule is OC(COC1CC[CH-]CC1)COC1CCC(N(CC2CO2)CC2CO2)CC1.[CH2-]C(O)CCl.[CH2-]C1CO1.[V]. The van der Waals surface area contributed by atoms with Gasteiger partial charge in [0.15, 0.2) is 0 Å². The summed E-state index contributed by atoms with van der Waals surface area (Å²) in [6, 6.07) is 0.620. The van der Waals surface area contributed by atoms with E-state index >= 15 is 0 Å². The van der Waals surface area contributed by atoms with Gasteiger partial charge < -0.3 is 54.2 Å². The molecule has 2 N–H and O–H groups in total. The standard InChI is InChI=1S/C21H36NO5.C3H6ClO.C3H5O.V/c23-17(12-24-18-4-2-1-3-5-18)13-25-19-8-6-16(7-9-19)22(10-20-14-26-20)11-21-15-27-21;1-3(5)2-4;1-3-2-4-3;/h1,16-21,23H,2-15H2;3,5H,1-2H2;3H,1-2H2;/q3*-1;. The van der Waals surface area contributed by atoms with Crippen LogP contribution >= 0.6 is 11.6 Å². The van der Waals surface area contributed by atoms with Gasteiger partial charge in [0.2, 0.25) is 0 Å². The number of aliphatic hydroxyl groups excluding tert-OH is 2. The molecule has 5 aliphatic rings. The molecule has 2 aliphatic carbocycles. The van der Waals surface area contributed by atoms with Crippen LogP contribution in [-0.2, 0) is 42.2 Å². The molecule has 0 aromatic heterocycles. The molecular weight excluding hydrogens is 537 g/mol. The first kappa shape index (κ1) is 33.8. The van der Waals surface area contributed by atoms with Gasteiger partial charge in [0.1, 0.15) is 6.10 Å². The van der Waals surface area contributed by atoms with Crippen molar-refractivity contribution in [2.24, 2.45) is 0 Å². The van der Waals surface area contributed by atoms with E-state index < -0.39 is 12.2 Å². The minimum atomic E-state index is -0.600. The maximum absolute atomic E-state index is 10.2. The molecule has 2 saturated carbocycles. The van der Waals surface area contributed by atoms with Gasteiger partial charge in [0.05, 0.1) is 50.8 Å². The van der Waals surface area contributed by atoms with Crippen molar-refractivity contribution in [3.63, 3.8) is 0 Å². The van der Waals surface area contributed by atoms with E-state index in [1.165, 1.54) is 0 Å². The van der Waals surface area contributed by atoms with Gasteiger partial charge in [-0.15, -0.1) is 11.6 Å². The summed E-state index contributed by atoms with van der Waals surface area (Å²) in [4.78, 5) is 2.58. The van der Waals surface area contributed by atoms with Gasteiger partial charge in [-0.05, 0) is 31.8 Å². The minimum absolute atomic E-state index is 0. The number of epoxide rings is 3. The number of rotatable bonds is 12. The Bertz CT molecular complexity index is 553. The molecule has 3 aliphatic heterocycles. The molecule has 10 heteroatoms. The van der Waals surface area contributed by atoms with E-state index in [0.29, 0.717) is 43.7 Å². The average Bonchev–Trinajstić information content (AvgIpc) is 3.73. The maximum atomic E-state index is 10.2. The topological polar surface area (TPSA) is 99.8 Å². The van der Waals surface area contributed by atoms with E-state index in [0.717, 1.165) is 84.3 Å². The van der Waals surface area contributed by atoms with Crippen molar-refractivity contribution >= 4 is 11.6 Å². The first-order valence-electron chi connectivity index (χ1n) is 13.6. The minimum Gasteiger partial charge on any atom is -0.424 e. The Kier molecular flexibility index (Phi) is 17.2. The third kappa shape index (κ3) is 16.4. The van der Waals surface area contributed by atoms with E-state index in [1.807, 2.05) is 0 Å². The van der Waals surface area contributed by atoms with Crippen molar-refractivity contribution in [1.29, 1.82) is 0 Å². The summed E-state index contributed by atoms with van der Waals surface area (Å²) in [7, 11) is 0. The van der Waals surface area contributed by atoms with E-state index in [4.69, 9.17) is 35.7 Å². The molecule has 1 radical (unpaired) electrons. The smallest absolute Gasteiger partial charge is 0.101 e. The van der Waals surface area contributed by atoms with Gasteiger partial charge in [-0.1, -0.05) is 18.9 Å². The molecule has 0 amide bonds. The Morgan fingerprint density at radius 1 is 0.865 bits per heavy atom. The molecule has 5 fully saturated rings. The van der Waals surface area contributed by atoms with Crippen LogP contribution in [0.25, 0.3) is 0 Å². The number of halogens is 1. The molecule has 217 valence electrons. The zero-order valence-electron chi connectivity index (χ0n) is 22.1. The van der Waals surface area contributed by atoms with Crippen LogP contribution in [0.4, 0.5) is 0 Å². The van der Waals surface area contributed by atoms with Crippen LogP contribution in [0, 0.1) is 20.3 Å². The third-order valence-corrected chi connectivity index (χ3v) is 7.21. The second-order valence-corrected chi connectivity index (χ2v) is 10.8. The Morgan fingerprint density at radius 2 is 1.30 bits per heavy atom. The predicted molar refractivity (Wildman–Crippen MR) is 139 cm³/mol. The van der Waals surface area contributed by atoms with Gasteiger partial charge in [-0.2, -0.15) is 12.8 Å². The van der Waals surface area contributed by atoms with Crippen LogP contribution in [0.2, 0.25) is 0 Å². The number of hydrogen-bond acceptors (Lipinski definition) is 8. The summed E-state index contributed by atoms with van der Waals surface area (Å²) < 4.78 is 27.3. The molecule has 5 atom stereocenters. The average molecular weight is 584 g/mol. The van der Waals surface area contributed by atoms with Crippen molar-refractivity contribution in [2.75, 3.05) is 52.0 Å². The van der Waals surface area contributed by atoms with Gasteiger partial charge >= 0.3 is 0 Å². The number of ether oxygens (including phenoxy) is 5. The Hall–Kier alpha value is 0.554. The fourth-order valence-electron chi connectivity index (χ4n) is 4.49. The largest absolute Gasteiger partial charge is 0.424 e. The Morgan fingerprint density at radius 3 is 1.68 bits per heavy atom. The fourth-order valence-corrected chi connectivity index (χ4v) is 4.49. The molecule has 0 bridgehead atoms. The zero-order chi connectivity index (χ0) is 25.8. The Balaban J connectivity index is 0.000000411. The summed E-state index contributed by atoms with van der Waals surface area (Å²) in [6.07, 6.45) is 11.9. The van der Waals surface area contributed by atoms with Crippen LogP contribution in [0.1, 0.15) is 51.4 Å². The monoisotopic (exact) mass is 583 g/mol. The van der Waals surface area contributed by atoms with E-state index in [1.54, 1.807) is 0 Å². The summed E-state index contributed by atoms with van der Waals surface area (Å²) >= 11 is 5.02. The molecule has 3 saturated heterocycles. The van der Waals surface area contributed by atoms with Crippen molar-refractivity contribution < 1.29 is 52.5 Å². The number of alkyl halides is 1. The number of hydrogen-bond donors (Lipinski definition) is 2. The second-order valence-electron chi connectivity index (χ2n) is 10.4.